The summed E-state index contributed by atoms with van der Waals surface area (Å²) in [5, 5.41) is 9.30. The van der Waals surface area contributed by atoms with Crippen LogP contribution in [-0.2, 0) is 11.3 Å². The average Bonchev–Trinajstić information content (AvgIpc) is 2.89. The predicted molar refractivity (Wildman–Crippen MR) is 69.4 cm³/mol. The molecule has 0 unspecified atom stereocenters. The first kappa shape index (κ1) is 12.6. The average molecular weight is 242 g/mol. The molecule has 1 fully saturated rings. The van der Waals surface area contributed by atoms with Crippen molar-refractivity contribution in [2.45, 2.75) is 32.2 Å². The van der Waals surface area contributed by atoms with Gasteiger partial charge in [0.1, 0.15) is 5.41 Å². The van der Waals surface area contributed by atoms with Crippen LogP contribution in [0, 0.1) is 16.7 Å². The van der Waals surface area contributed by atoms with Crippen molar-refractivity contribution < 1.29 is 4.79 Å². The molecule has 0 spiro atoms. The molecule has 1 aliphatic carbocycles. The first-order valence-electron chi connectivity index (χ1n) is 6.39. The standard InChI is InChI=1S/C15H18N2O/c1-17(11-13-7-3-2-4-8-13)14(18)15(12-16)9-5-6-10-15/h2-4,7-8H,5-6,9-11H2,1H3. The van der Waals surface area contributed by atoms with E-state index in [0.29, 0.717) is 19.4 Å². The number of hydrogen-bond acceptors (Lipinski definition) is 2. The number of rotatable bonds is 3. The lowest BCUT2D eigenvalue weighted by atomic mass is 9.86. The van der Waals surface area contributed by atoms with Gasteiger partial charge in [0.05, 0.1) is 6.07 Å². The molecular weight excluding hydrogens is 224 g/mol. The van der Waals surface area contributed by atoms with Crippen molar-refractivity contribution >= 4 is 5.91 Å². The van der Waals surface area contributed by atoms with Gasteiger partial charge in [-0.1, -0.05) is 43.2 Å². The summed E-state index contributed by atoms with van der Waals surface area (Å²) in [6.07, 6.45) is 3.39. The van der Waals surface area contributed by atoms with Crippen molar-refractivity contribution in [2.24, 2.45) is 5.41 Å². The summed E-state index contributed by atoms with van der Waals surface area (Å²) >= 11 is 0. The second-order valence-corrected chi connectivity index (χ2v) is 5.05. The molecule has 0 bridgehead atoms. The molecule has 0 heterocycles. The molecule has 0 N–H and O–H groups in total. The van der Waals surface area contributed by atoms with Gasteiger partial charge in [0.25, 0.3) is 0 Å². The number of carbonyl (C=O) groups is 1. The van der Waals surface area contributed by atoms with E-state index in [-0.39, 0.29) is 5.91 Å². The number of nitrogens with zero attached hydrogens (tertiary/aromatic N) is 2. The minimum Gasteiger partial charge on any atom is -0.340 e. The van der Waals surface area contributed by atoms with Crippen LogP contribution in [0.25, 0.3) is 0 Å². The minimum absolute atomic E-state index is 0.0219. The Labute approximate surface area is 108 Å². The maximum absolute atomic E-state index is 12.4. The van der Waals surface area contributed by atoms with E-state index < -0.39 is 5.41 Å². The van der Waals surface area contributed by atoms with E-state index in [4.69, 9.17) is 0 Å². The normalized spacial score (nSPS) is 17.1. The van der Waals surface area contributed by atoms with Crippen LogP contribution in [0.3, 0.4) is 0 Å². The summed E-state index contributed by atoms with van der Waals surface area (Å²) < 4.78 is 0. The van der Waals surface area contributed by atoms with Gasteiger partial charge in [-0.25, -0.2) is 0 Å². The van der Waals surface area contributed by atoms with Crippen molar-refractivity contribution in [1.29, 1.82) is 5.26 Å². The minimum atomic E-state index is -0.760. The highest BCUT2D eigenvalue weighted by Gasteiger charge is 2.43. The molecule has 0 atom stereocenters. The van der Waals surface area contributed by atoms with Gasteiger partial charge in [-0.15, -0.1) is 0 Å². The Bertz CT molecular complexity index is 455. The zero-order chi connectivity index (χ0) is 13.0. The van der Waals surface area contributed by atoms with E-state index in [2.05, 4.69) is 6.07 Å². The molecule has 1 aromatic carbocycles. The fraction of sp³-hybridized carbons (Fsp3) is 0.467. The Morgan fingerprint density at radius 3 is 2.50 bits per heavy atom. The fourth-order valence-corrected chi connectivity index (χ4v) is 2.65. The van der Waals surface area contributed by atoms with Gasteiger partial charge in [0.2, 0.25) is 5.91 Å². The number of benzene rings is 1. The third kappa shape index (κ3) is 2.38. The lowest BCUT2D eigenvalue weighted by molar-refractivity contribution is -0.138. The molecule has 1 aliphatic rings. The molecule has 1 aromatic rings. The number of carbonyl (C=O) groups excluding carboxylic acids is 1. The smallest absolute Gasteiger partial charge is 0.243 e. The Morgan fingerprint density at radius 1 is 1.33 bits per heavy atom. The SMILES string of the molecule is CN(Cc1ccccc1)C(=O)C1(C#N)CCCC1. The van der Waals surface area contributed by atoms with Gasteiger partial charge >= 0.3 is 0 Å². The van der Waals surface area contributed by atoms with Crippen molar-refractivity contribution in [3.8, 4) is 6.07 Å². The van der Waals surface area contributed by atoms with Crippen LogP contribution in [0.4, 0.5) is 0 Å². The van der Waals surface area contributed by atoms with Crippen LogP contribution in [0.1, 0.15) is 31.2 Å². The van der Waals surface area contributed by atoms with Crippen LogP contribution in [-0.4, -0.2) is 17.9 Å². The van der Waals surface area contributed by atoms with Crippen LogP contribution in [0.15, 0.2) is 30.3 Å². The third-order valence-electron chi connectivity index (χ3n) is 3.69. The van der Waals surface area contributed by atoms with E-state index in [9.17, 15) is 10.1 Å². The fourth-order valence-electron chi connectivity index (χ4n) is 2.65. The zero-order valence-electron chi connectivity index (χ0n) is 10.7. The monoisotopic (exact) mass is 242 g/mol. The topological polar surface area (TPSA) is 44.1 Å². The molecule has 18 heavy (non-hydrogen) atoms. The molecule has 2 rings (SSSR count). The van der Waals surface area contributed by atoms with E-state index in [1.807, 2.05) is 30.3 Å². The Morgan fingerprint density at radius 2 is 1.94 bits per heavy atom. The maximum atomic E-state index is 12.4. The molecule has 0 radical (unpaired) electrons. The van der Waals surface area contributed by atoms with Gasteiger partial charge in [-0.2, -0.15) is 5.26 Å². The second kappa shape index (κ2) is 5.22. The van der Waals surface area contributed by atoms with Crippen molar-refractivity contribution in [3.05, 3.63) is 35.9 Å². The highest BCUT2D eigenvalue weighted by atomic mass is 16.2. The van der Waals surface area contributed by atoms with Crippen molar-refractivity contribution in [3.63, 3.8) is 0 Å². The number of nitriles is 1. The summed E-state index contributed by atoms with van der Waals surface area (Å²) in [5.74, 6) is -0.0219. The van der Waals surface area contributed by atoms with Crippen LogP contribution < -0.4 is 0 Å². The first-order chi connectivity index (χ1) is 8.68. The molecule has 0 aliphatic heterocycles. The number of hydrogen-bond donors (Lipinski definition) is 0. The Hall–Kier alpha value is -1.82. The number of amides is 1. The molecular formula is C15H18N2O. The van der Waals surface area contributed by atoms with E-state index in [1.165, 1.54) is 0 Å². The second-order valence-electron chi connectivity index (χ2n) is 5.05. The lowest BCUT2D eigenvalue weighted by Gasteiger charge is -2.26. The van der Waals surface area contributed by atoms with Crippen LogP contribution in [0.5, 0.6) is 0 Å². The molecule has 94 valence electrons. The molecule has 0 saturated heterocycles. The predicted octanol–water partition coefficient (Wildman–Crippen LogP) is 2.73. The summed E-state index contributed by atoms with van der Waals surface area (Å²) in [5.41, 5.74) is 0.336. The first-order valence-corrected chi connectivity index (χ1v) is 6.39. The van der Waals surface area contributed by atoms with Gasteiger partial charge < -0.3 is 4.90 Å². The van der Waals surface area contributed by atoms with Crippen molar-refractivity contribution in [1.82, 2.24) is 4.90 Å². The highest BCUT2D eigenvalue weighted by Crippen LogP contribution is 2.39. The van der Waals surface area contributed by atoms with Gasteiger partial charge in [-0.3, -0.25) is 4.79 Å². The molecule has 0 aromatic heterocycles. The summed E-state index contributed by atoms with van der Waals surface area (Å²) in [4.78, 5) is 14.1. The highest BCUT2D eigenvalue weighted by molar-refractivity contribution is 5.85. The van der Waals surface area contributed by atoms with Gasteiger partial charge in [0, 0.05) is 13.6 Å². The maximum Gasteiger partial charge on any atom is 0.243 e. The lowest BCUT2D eigenvalue weighted by Crippen LogP contribution is -2.39. The molecule has 3 nitrogen and oxygen atoms in total. The van der Waals surface area contributed by atoms with Gasteiger partial charge in [0.15, 0.2) is 0 Å². The molecule has 1 amide bonds. The Balaban J connectivity index is 2.07. The summed E-state index contributed by atoms with van der Waals surface area (Å²) in [7, 11) is 1.78. The van der Waals surface area contributed by atoms with E-state index in [1.54, 1.807) is 11.9 Å². The summed E-state index contributed by atoms with van der Waals surface area (Å²) in [6, 6.07) is 12.1. The van der Waals surface area contributed by atoms with Crippen LogP contribution in [0.2, 0.25) is 0 Å². The largest absolute Gasteiger partial charge is 0.340 e. The van der Waals surface area contributed by atoms with E-state index in [0.717, 1.165) is 18.4 Å². The molecule has 1 saturated carbocycles. The quantitative estimate of drug-likeness (QED) is 0.818. The van der Waals surface area contributed by atoms with Gasteiger partial charge in [-0.05, 0) is 18.4 Å². The third-order valence-corrected chi connectivity index (χ3v) is 3.69. The summed E-state index contributed by atoms with van der Waals surface area (Å²) in [6.45, 7) is 0.573. The molecule has 3 heteroatoms. The van der Waals surface area contributed by atoms with Crippen molar-refractivity contribution in [2.75, 3.05) is 7.05 Å². The van der Waals surface area contributed by atoms with Crippen LogP contribution >= 0.6 is 0 Å². The Kier molecular flexibility index (Phi) is 3.66. The zero-order valence-corrected chi connectivity index (χ0v) is 10.7. The van der Waals surface area contributed by atoms with E-state index >= 15 is 0 Å².